The van der Waals surface area contributed by atoms with Gasteiger partial charge in [-0.05, 0) is 36.4 Å². The molecule has 10 nitrogen and oxygen atoms in total. The van der Waals surface area contributed by atoms with Crippen LogP contribution in [0.2, 0.25) is 5.02 Å². The number of hydrogen-bond donors (Lipinski definition) is 4. The van der Waals surface area contributed by atoms with Crippen LogP contribution in [-0.4, -0.2) is 30.4 Å². The van der Waals surface area contributed by atoms with E-state index in [1.54, 1.807) is 12.1 Å². The van der Waals surface area contributed by atoms with E-state index < -0.39 is 21.8 Å². The van der Waals surface area contributed by atoms with Crippen LogP contribution in [-0.2, 0) is 16.6 Å². The number of hydrazine groups is 1. The fourth-order valence-corrected chi connectivity index (χ4v) is 4.47. The number of nitrogens with zero attached hydrogens (tertiary/aromatic N) is 1. The molecular weight excluding hydrogens is 482 g/mol. The molecule has 0 fully saturated rings. The summed E-state index contributed by atoms with van der Waals surface area (Å²) in [5, 5.41) is 6.62. The van der Waals surface area contributed by atoms with Crippen molar-refractivity contribution in [2.75, 3.05) is 0 Å². The molecule has 2 aromatic heterocycles. The summed E-state index contributed by atoms with van der Waals surface area (Å²) >= 11 is 6.05. The smallest absolute Gasteiger partial charge is 0.287 e. The van der Waals surface area contributed by atoms with Gasteiger partial charge in [0.05, 0.1) is 23.5 Å². The van der Waals surface area contributed by atoms with Crippen LogP contribution in [0.1, 0.15) is 26.6 Å². The average Bonchev–Trinajstić information content (AvgIpc) is 3.54. The zero-order valence-corrected chi connectivity index (χ0v) is 19.0. The first kappa shape index (κ1) is 23.2. The molecule has 0 saturated heterocycles. The summed E-state index contributed by atoms with van der Waals surface area (Å²) in [7, 11) is -4.04. The number of carbonyl (C=O) groups excluding carboxylic acids is 2. The molecule has 0 unspecified atom stereocenters. The Kier molecular flexibility index (Phi) is 6.77. The molecular formula is C22H18ClN5O5S. The number of sulfonamides is 1. The van der Waals surface area contributed by atoms with Crippen molar-refractivity contribution >= 4 is 33.4 Å². The van der Waals surface area contributed by atoms with Gasteiger partial charge in [0.25, 0.3) is 11.8 Å². The summed E-state index contributed by atoms with van der Waals surface area (Å²) in [6.45, 7) is -0.0900. The predicted molar refractivity (Wildman–Crippen MR) is 123 cm³/mol. The van der Waals surface area contributed by atoms with Crippen LogP contribution in [0.5, 0.6) is 0 Å². The third-order valence-electron chi connectivity index (χ3n) is 4.68. The minimum atomic E-state index is -4.04. The molecule has 0 saturated carbocycles. The summed E-state index contributed by atoms with van der Waals surface area (Å²) in [6.07, 6.45) is 1.42. The van der Waals surface area contributed by atoms with Crippen molar-refractivity contribution < 1.29 is 22.4 Å². The first-order chi connectivity index (χ1) is 16.3. The van der Waals surface area contributed by atoms with Gasteiger partial charge in [-0.2, -0.15) is 5.10 Å². The Bertz CT molecular complexity index is 1420. The van der Waals surface area contributed by atoms with E-state index in [4.69, 9.17) is 16.0 Å². The van der Waals surface area contributed by atoms with E-state index in [0.717, 1.165) is 11.6 Å². The lowest BCUT2D eigenvalue weighted by molar-refractivity contribution is 0.0844. The van der Waals surface area contributed by atoms with Gasteiger partial charge in [0.1, 0.15) is 16.3 Å². The van der Waals surface area contributed by atoms with E-state index in [1.807, 2.05) is 30.3 Å². The van der Waals surface area contributed by atoms with Gasteiger partial charge in [0, 0.05) is 11.1 Å². The molecule has 4 N–H and O–H groups in total. The lowest BCUT2D eigenvalue weighted by Crippen LogP contribution is -2.41. The highest BCUT2D eigenvalue weighted by Gasteiger charge is 2.21. The van der Waals surface area contributed by atoms with Crippen LogP contribution in [0, 0.1) is 0 Å². The number of amides is 2. The van der Waals surface area contributed by atoms with E-state index in [2.05, 4.69) is 25.8 Å². The lowest BCUT2D eigenvalue weighted by Gasteiger charge is -2.10. The summed E-state index contributed by atoms with van der Waals surface area (Å²) < 4.78 is 32.7. The van der Waals surface area contributed by atoms with Crippen molar-refractivity contribution in [3.63, 3.8) is 0 Å². The maximum absolute atomic E-state index is 12.6. The average molecular weight is 500 g/mol. The van der Waals surface area contributed by atoms with Crippen molar-refractivity contribution in [1.82, 2.24) is 25.8 Å². The Hall–Kier alpha value is -3.93. The van der Waals surface area contributed by atoms with E-state index in [-0.39, 0.29) is 27.7 Å². The summed E-state index contributed by atoms with van der Waals surface area (Å²) in [5.74, 6) is -0.967. The number of aromatic amines is 1. The Balaban J connectivity index is 1.41. The second-order valence-electron chi connectivity index (χ2n) is 6.99. The van der Waals surface area contributed by atoms with Gasteiger partial charge in [0.2, 0.25) is 10.0 Å². The minimum absolute atomic E-state index is 0.0299. The first-order valence-electron chi connectivity index (χ1n) is 9.86. The highest BCUT2D eigenvalue weighted by atomic mass is 35.5. The Labute approximate surface area is 199 Å². The molecule has 0 aliphatic rings. The van der Waals surface area contributed by atoms with Crippen molar-refractivity contribution in [3.8, 4) is 11.3 Å². The van der Waals surface area contributed by atoms with Gasteiger partial charge in [-0.25, -0.2) is 13.1 Å². The standard InChI is InChI=1S/C22H18ClN5O5S/c23-17-9-8-15(11-20(17)34(31,32)24-13-16-7-4-10-33-16)21(29)27-28-22(30)19-12-18(25-26-19)14-5-2-1-3-6-14/h1-12,24H,13H2,(H,25,26)(H,27,29)(H,28,30). The molecule has 2 aromatic carbocycles. The number of carbonyl (C=O) groups is 2. The number of benzene rings is 2. The molecule has 4 rings (SSSR count). The van der Waals surface area contributed by atoms with Crippen molar-refractivity contribution in [3.05, 3.63) is 95.0 Å². The number of halogens is 1. The van der Waals surface area contributed by atoms with E-state index in [9.17, 15) is 18.0 Å². The van der Waals surface area contributed by atoms with Gasteiger partial charge in [-0.1, -0.05) is 41.9 Å². The Morgan fingerprint density at radius 2 is 1.74 bits per heavy atom. The van der Waals surface area contributed by atoms with E-state index in [1.165, 1.54) is 24.5 Å². The molecule has 0 radical (unpaired) electrons. The molecule has 174 valence electrons. The zero-order valence-electron chi connectivity index (χ0n) is 17.4. The first-order valence-corrected chi connectivity index (χ1v) is 11.7. The van der Waals surface area contributed by atoms with Gasteiger partial charge < -0.3 is 4.42 Å². The zero-order chi connectivity index (χ0) is 24.1. The summed E-state index contributed by atoms with van der Waals surface area (Å²) in [5.41, 5.74) is 5.97. The largest absolute Gasteiger partial charge is 0.468 e. The summed E-state index contributed by atoms with van der Waals surface area (Å²) in [4.78, 5) is 24.6. The number of furan rings is 1. The van der Waals surface area contributed by atoms with Crippen LogP contribution in [0.25, 0.3) is 11.3 Å². The van der Waals surface area contributed by atoms with Crippen molar-refractivity contribution in [2.45, 2.75) is 11.4 Å². The fourth-order valence-electron chi connectivity index (χ4n) is 2.96. The molecule has 2 amide bonds. The minimum Gasteiger partial charge on any atom is -0.468 e. The topological polar surface area (TPSA) is 146 Å². The van der Waals surface area contributed by atoms with Crippen molar-refractivity contribution in [2.24, 2.45) is 0 Å². The Morgan fingerprint density at radius 3 is 2.47 bits per heavy atom. The highest BCUT2D eigenvalue weighted by Crippen LogP contribution is 2.23. The molecule has 0 spiro atoms. The van der Waals surface area contributed by atoms with Gasteiger partial charge >= 0.3 is 0 Å². The normalized spacial score (nSPS) is 11.2. The number of rotatable bonds is 7. The molecule has 2 heterocycles. The molecule has 34 heavy (non-hydrogen) atoms. The van der Waals surface area contributed by atoms with Gasteiger partial charge in [0.15, 0.2) is 0 Å². The van der Waals surface area contributed by atoms with E-state index >= 15 is 0 Å². The molecule has 0 atom stereocenters. The maximum Gasteiger partial charge on any atom is 0.287 e. The molecule has 12 heteroatoms. The van der Waals surface area contributed by atoms with Crippen LogP contribution in [0.4, 0.5) is 0 Å². The second-order valence-corrected chi connectivity index (χ2v) is 9.13. The van der Waals surface area contributed by atoms with Crippen LogP contribution < -0.4 is 15.6 Å². The third kappa shape index (κ3) is 5.34. The lowest BCUT2D eigenvalue weighted by atomic mass is 10.1. The predicted octanol–water partition coefficient (Wildman–Crippen LogP) is 2.88. The summed E-state index contributed by atoms with van der Waals surface area (Å²) in [6, 6.07) is 17.7. The number of aromatic nitrogens is 2. The van der Waals surface area contributed by atoms with Gasteiger partial charge in [-0.3, -0.25) is 25.5 Å². The molecule has 0 bridgehead atoms. The Morgan fingerprint density at radius 1 is 0.971 bits per heavy atom. The maximum atomic E-state index is 12.6. The van der Waals surface area contributed by atoms with Crippen molar-refractivity contribution in [1.29, 1.82) is 0 Å². The molecule has 0 aliphatic heterocycles. The van der Waals surface area contributed by atoms with Crippen LogP contribution in [0.3, 0.4) is 0 Å². The molecule has 0 aliphatic carbocycles. The monoisotopic (exact) mass is 499 g/mol. The number of nitrogens with one attached hydrogen (secondary N) is 4. The van der Waals surface area contributed by atoms with E-state index in [0.29, 0.717) is 11.5 Å². The van der Waals surface area contributed by atoms with Gasteiger partial charge in [-0.15, -0.1) is 0 Å². The molecule has 4 aromatic rings. The number of hydrogen-bond acceptors (Lipinski definition) is 6. The van der Waals surface area contributed by atoms with Crippen LogP contribution >= 0.6 is 11.6 Å². The highest BCUT2D eigenvalue weighted by molar-refractivity contribution is 7.89. The third-order valence-corrected chi connectivity index (χ3v) is 6.56. The number of H-pyrrole nitrogens is 1. The van der Waals surface area contributed by atoms with Crippen LogP contribution in [0.15, 0.2) is 82.3 Å². The fraction of sp³-hybridized carbons (Fsp3) is 0.0455. The second kappa shape index (κ2) is 9.91. The SMILES string of the molecule is O=C(NNC(=O)c1cc(-c2ccccc2)n[nH]1)c1ccc(Cl)c(S(=O)(=O)NCc2ccco2)c1. The quantitative estimate of drug-likeness (QED) is 0.287.